The average molecular weight is 376 g/mol. The molecule has 3 rings (SSSR count). The van der Waals surface area contributed by atoms with E-state index in [0.29, 0.717) is 5.56 Å². The maximum Gasteiger partial charge on any atom is 0.254 e. The van der Waals surface area contributed by atoms with Gasteiger partial charge in [-0.1, -0.05) is 17.7 Å². The summed E-state index contributed by atoms with van der Waals surface area (Å²) in [5.41, 5.74) is 5.42. The van der Waals surface area contributed by atoms with Crippen LogP contribution in [0.25, 0.3) is 5.69 Å². The summed E-state index contributed by atoms with van der Waals surface area (Å²) in [5, 5.41) is 2.93. The maximum atomic E-state index is 12.6. The molecule has 0 spiro atoms. The van der Waals surface area contributed by atoms with Crippen LogP contribution in [0, 0.1) is 20.8 Å². The SMILES string of the molecule is Cc1cc(C)c(NC(=O)CN(C)C(=O)c2ccc(-n3ccnc3)cc2)c(C)c1. The molecule has 28 heavy (non-hydrogen) atoms. The number of aryl methyl sites for hydroxylation is 3. The maximum absolute atomic E-state index is 12.6. The lowest BCUT2D eigenvalue weighted by Gasteiger charge is -2.18. The molecule has 144 valence electrons. The first-order chi connectivity index (χ1) is 13.3. The number of nitrogens with one attached hydrogen (secondary N) is 1. The normalized spacial score (nSPS) is 10.6. The standard InChI is InChI=1S/C22H24N4O2/c1-15-11-16(2)21(17(3)12-15)24-20(27)13-25(4)22(28)18-5-7-19(8-6-18)26-10-9-23-14-26/h5-12,14H,13H2,1-4H3,(H,24,27). The fraction of sp³-hybridized carbons (Fsp3) is 0.227. The van der Waals surface area contributed by atoms with Gasteiger partial charge in [-0.25, -0.2) is 4.98 Å². The minimum absolute atomic E-state index is 0.0190. The van der Waals surface area contributed by atoms with Crippen LogP contribution in [0.1, 0.15) is 27.0 Å². The number of rotatable bonds is 5. The number of nitrogens with zero attached hydrogens (tertiary/aromatic N) is 3. The molecule has 0 saturated heterocycles. The molecular weight excluding hydrogens is 352 g/mol. The topological polar surface area (TPSA) is 67.2 Å². The van der Waals surface area contributed by atoms with Gasteiger partial charge in [0.05, 0.1) is 12.9 Å². The van der Waals surface area contributed by atoms with E-state index in [1.54, 1.807) is 31.7 Å². The highest BCUT2D eigenvalue weighted by Crippen LogP contribution is 2.22. The number of carbonyl (C=O) groups is 2. The van der Waals surface area contributed by atoms with Gasteiger partial charge < -0.3 is 14.8 Å². The number of amides is 2. The number of imidazole rings is 1. The summed E-state index contributed by atoms with van der Waals surface area (Å²) >= 11 is 0. The van der Waals surface area contributed by atoms with E-state index in [0.717, 1.165) is 28.1 Å². The van der Waals surface area contributed by atoms with Crippen molar-refractivity contribution in [1.29, 1.82) is 0 Å². The zero-order chi connectivity index (χ0) is 20.3. The smallest absolute Gasteiger partial charge is 0.254 e. The van der Waals surface area contributed by atoms with Crippen LogP contribution in [-0.4, -0.2) is 39.9 Å². The van der Waals surface area contributed by atoms with Crippen LogP contribution in [-0.2, 0) is 4.79 Å². The largest absolute Gasteiger partial charge is 0.332 e. The Balaban J connectivity index is 1.64. The van der Waals surface area contributed by atoms with Gasteiger partial charge in [0.1, 0.15) is 0 Å². The Bertz CT molecular complexity index is 969. The third kappa shape index (κ3) is 4.28. The fourth-order valence-corrected chi connectivity index (χ4v) is 3.25. The Hall–Kier alpha value is -3.41. The molecule has 0 unspecified atom stereocenters. The van der Waals surface area contributed by atoms with Crippen molar-refractivity contribution in [2.45, 2.75) is 20.8 Å². The van der Waals surface area contributed by atoms with Gasteiger partial charge in [-0.3, -0.25) is 9.59 Å². The third-order valence-electron chi connectivity index (χ3n) is 4.59. The van der Waals surface area contributed by atoms with Crippen LogP contribution in [0.5, 0.6) is 0 Å². The number of anilines is 1. The van der Waals surface area contributed by atoms with Gasteiger partial charge in [-0.2, -0.15) is 0 Å². The van der Waals surface area contributed by atoms with Crippen LogP contribution in [0.3, 0.4) is 0 Å². The minimum atomic E-state index is -0.221. The Morgan fingerprint density at radius 3 is 2.29 bits per heavy atom. The van der Waals surface area contributed by atoms with Crippen LogP contribution in [0.15, 0.2) is 55.1 Å². The average Bonchev–Trinajstić information content (AvgIpc) is 3.19. The molecule has 0 aliphatic carbocycles. The lowest BCUT2D eigenvalue weighted by Crippen LogP contribution is -2.35. The summed E-state index contributed by atoms with van der Waals surface area (Å²) in [6, 6.07) is 11.3. The summed E-state index contributed by atoms with van der Waals surface area (Å²) in [5.74, 6) is -0.425. The quantitative estimate of drug-likeness (QED) is 0.741. The number of benzene rings is 2. The molecule has 6 heteroatoms. The number of aromatic nitrogens is 2. The van der Waals surface area contributed by atoms with Crippen molar-refractivity contribution in [2.75, 3.05) is 18.9 Å². The van der Waals surface area contributed by atoms with E-state index < -0.39 is 0 Å². The highest BCUT2D eigenvalue weighted by atomic mass is 16.2. The summed E-state index contributed by atoms with van der Waals surface area (Å²) in [4.78, 5) is 30.5. The second-order valence-corrected chi connectivity index (χ2v) is 7.00. The molecule has 6 nitrogen and oxygen atoms in total. The zero-order valence-corrected chi connectivity index (χ0v) is 16.6. The minimum Gasteiger partial charge on any atom is -0.332 e. The second kappa shape index (κ2) is 8.08. The van der Waals surface area contributed by atoms with E-state index in [2.05, 4.69) is 10.3 Å². The molecule has 1 N–H and O–H groups in total. The first kappa shape index (κ1) is 19.4. The molecule has 3 aromatic rings. The van der Waals surface area contributed by atoms with Crippen molar-refractivity contribution in [1.82, 2.24) is 14.5 Å². The van der Waals surface area contributed by atoms with Gasteiger partial charge in [0.25, 0.3) is 5.91 Å². The van der Waals surface area contributed by atoms with E-state index in [1.807, 2.05) is 55.8 Å². The van der Waals surface area contributed by atoms with Crippen molar-refractivity contribution in [2.24, 2.45) is 0 Å². The van der Waals surface area contributed by atoms with Crippen LogP contribution >= 0.6 is 0 Å². The van der Waals surface area contributed by atoms with E-state index in [1.165, 1.54) is 4.90 Å². The van der Waals surface area contributed by atoms with Gasteiger partial charge in [0.15, 0.2) is 0 Å². The van der Waals surface area contributed by atoms with Gasteiger partial charge in [-0.15, -0.1) is 0 Å². The number of carbonyl (C=O) groups excluding carboxylic acids is 2. The lowest BCUT2D eigenvalue weighted by molar-refractivity contribution is -0.116. The molecule has 0 aliphatic heterocycles. The molecule has 1 aromatic heterocycles. The summed E-state index contributed by atoms with van der Waals surface area (Å²) in [6.45, 7) is 5.93. The van der Waals surface area contributed by atoms with Crippen LogP contribution < -0.4 is 5.32 Å². The zero-order valence-electron chi connectivity index (χ0n) is 16.6. The first-order valence-electron chi connectivity index (χ1n) is 9.06. The van der Waals surface area contributed by atoms with Gasteiger partial charge in [-0.05, 0) is 56.2 Å². The van der Waals surface area contributed by atoms with Crippen molar-refractivity contribution in [3.05, 3.63) is 77.4 Å². The predicted molar refractivity (Wildman–Crippen MR) is 110 cm³/mol. The number of hydrogen-bond donors (Lipinski definition) is 1. The predicted octanol–water partition coefficient (Wildman–Crippen LogP) is 3.51. The van der Waals surface area contributed by atoms with Gasteiger partial charge in [0, 0.05) is 36.4 Å². The van der Waals surface area contributed by atoms with Crippen molar-refractivity contribution in [3.8, 4) is 5.69 Å². The molecule has 0 aliphatic rings. The lowest BCUT2D eigenvalue weighted by atomic mass is 10.1. The molecule has 2 aromatic carbocycles. The number of hydrogen-bond acceptors (Lipinski definition) is 3. The molecule has 0 atom stereocenters. The Morgan fingerprint density at radius 1 is 1.07 bits per heavy atom. The Labute approximate surface area is 164 Å². The molecule has 2 amide bonds. The monoisotopic (exact) mass is 376 g/mol. The van der Waals surface area contributed by atoms with Gasteiger partial charge in [0.2, 0.25) is 5.91 Å². The van der Waals surface area contributed by atoms with Crippen molar-refractivity contribution in [3.63, 3.8) is 0 Å². The second-order valence-electron chi connectivity index (χ2n) is 7.00. The molecule has 0 saturated carbocycles. The van der Waals surface area contributed by atoms with E-state index in [9.17, 15) is 9.59 Å². The Kier molecular flexibility index (Phi) is 5.59. The third-order valence-corrected chi connectivity index (χ3v) is 4.59. The molecule has 0 bridgehead atoms. The fourth-order valence-electron chi connectivity index (χ4n) is 3.25. The Morgan fingerprint density at radius 2 is 1.71 bits per heavy atom. The highest BCUT2D eigenvalue weighted by molar-refractivity contribution is 5.99. The van der Waals surface area contributed by atoms with Crippen LogP contribution in [0.2, 0.25) is 0 Å². The molecular formula is C22H24N4O2. The highest BCUT2D eigenvalue weighted by Gasteiger charge is 2.16. The summed E-state index contributed by atoms with van der Waals surface area (Å²) in [6.07, 6.45) is 5.23. The molecule has 0 fully saturated rings. The summed E-state index contributed by atoms with van der Waals surface area (Å²) in [7, 11) is 1.63. The van der Waals surface area contributed by atoms with Gasteiger partial charge >= 0.3 is 0 Å². The summed E-state index contributed by atoms with van der Waals surface area (Å²) < 4.78 is 1.86. The van der Waals surface area contributed by atoms with E-state index in [-0.39, 0.29) is 18.4 Å². The molecule has 1 heterocycles. The van der Waals surface area contributed by atoms with E-state index in [4.69, 9.17) is 0 Å². The van der Waals surface area contributed by atoms with E-state index >= 15 is 0 Å². The molecule has 0 radical (unpaired) electrons. The first-order valence-corrected chi connectivity index (χ1v) is 9.06. The number of likely N-dealkylation sites (N-methyl/N-ethyl adjacent to an activating group) is 1. The van der Waals surface area contributed by atoms with Crippen molar-refractivity contribution < 1.29 is 9.59 Å². The van der Waals surface area contributed by atoms with Crippen molar-refractivity contribution >= 4 is 17.5 Å². The van der Waals surface area contributed by atoms with Crippen LogP contribution in [0.4, 0.5) is 5.69 Å².